The second kappa shape index (κ2) is 12.6. The molecule has 2 aromatic carbocycles. The van der Waals surface area contributed by atoms with Gasteiger partial charge in [-0.05, 0) is 49.1 Å². The third-order valence-corrected chi connectivity index (χ3v) is 6.89. The highest BCUT2D eigenvalue weighted by atomic mass is 32.2. The van der Waals surface area contributed by atoms with E-state index in [0.29, 0.717) is 35.3 Å². The first-order chi connectivity index (χ1) is 16.0. The van der Waals surface area contributed by atoms with Crippen LogP contribution in [-0.4, -0.2) is 46.1 Å². The first-order valence-electron chi connectivity index (χ1n) is 11.2. The molecule has 0 saturated carbocycles. The lowest BCUT2D eigenvalue weighted by molar-refractivity contribution is -0.131. The Labute approximate surface area is 205 Å². The number of hydrogen-bond donors (Lipinski definition) is 0. The summed E-state index contributed by atoms with van der Waals surface area (Å²) < 4.78 is 5.77. The molecule has 5 nitrogen and oxygen atoms in total. The molecular formula is C26H30N2O3S2. The molecule has 0 N–H and O–H groups in total. The molecule has 174 valence electrons. The number of amides is 2. The average molecular weight is 483 g/mol. The Morgan fingerprint density at radius 1 is 1.09 bits per heavy atom. The van der Waals surface area contributed by atoms with E-state index in [-0.39, 0.29) is 11.8 Å². The van der Waals surface area contributed by atoms with Crippen LogP contribution in [0.5, 0.6) is 5.75 Å². The summed E-state index contributed by atoms with van der Waals surface area (Å²) in [6.45, 7) is 3.94. The van der Waals surface area contributed by atoms with Crippen LogP contribution >= 0.6 is 24.0 Å². The fourth-order valence-corrected chi connectivity index (χ4v) is 4.91. The summed E-state index contributed by atoms with van der Waals surface area (Å²) in [5, 5.41) is 0. The van der Waals surface area contributed by atoms with Crippen LogP contribution in [0.1, 0.15) is 43.7 Å². The van der Waals surface area contributed by atoms with Crippen molar-refractivity contribution in [1.82, 2.24) is 9.80 Å². The molecule has 2 amide bonds. The maximum atomic E-state index is 12.8. The Bertz CT molecular complexity index is 990. The maximum absolute atomic E-state index is 12.8. The molecule has 1 aliphatic heterocycles. The lowest BCUT2D eigenvalue weighted by atomic mass is 10.1. The average Bonchev–Trinajstić information content (AvgIpc) is 3.10. The van der Waals surface area contributed by atoms with Crippen molar-refractivity contribution in [3.05, 3.63) is 70.6 Å². The van der Waals surface area contributed by atoms with Crippen LogP contribution in [-0.2, 0) is 16.1 Å². The van der Waals surface area contributed by atoms with Gasteiger partial charge in [0.1, 0.15) is 10.1 Å². The van der Waals surface area contributed by atoms with Crippen molar-refractivity contribution >= 4 is 46.2 Å². The number of benzene rings is 2. The minimum Gasteiger partial charge on any atom is -0.497 e. The van der Waals surface area contributed by atoms with Gasteiger partial charge in [-0.15, -0.1) is 0 Å². The molecule has 0 aliphatic carbocycles. The Morgan fingerprint density at radius 2 is 1.82 bits per heavy atom. The van der Waals surface area contributed by atoms with E-state index in [1.807, 2.05) is 72.5 Å². The molecule has 7 heteroatoms. The van der Waals surface area contributed by atoms with E-state index in [1.165, 1.54) is 11.8 Å². The summed E-state index contributed by atoms with van der Waals surface area (Å²) in [7, 11) is 1.63. The third kappa shape index (κ3) is 7.17. The van der Waals surface area contributed by atoms with Crippen molar-refractivity contribution in [2.24, 2.45) is 0 Å². The first-order valence-corrected chi connectivity index (χ1v) is 12.5. The van der Waals surface area contributed by atoms with Crippen molar-refractivity contribution in [2.45, 2.75) is 39.2 Å². The summed E-state index contributed by atoms with van der Waals surface area (Å²) in [5.41, 5.74) is 2.08. The van der Waals surface area contributed by atoms with Gasteiger partial charge >= 0.3 is 0 Å². The normalized spacial score (nSPS) is 14.7. The van der Waals surface area contributed by atoms with Crippen LogP contribution in [0.4, 0.5) is 0 Å². The Kier molecular flexibility index (Phi) is 9.51. The number of rotatable bonds is 11. The fraction of sp³-hybridized carbons (Fsp3) is 0.346. The molecule has 0 spiro atoms. The van der Waals surface area contributed by atoms with Crippen molar-refractivity contribution < 1.29 is 14.3 Å². The summed E-state index contributed by atoms with van der Waals surface area (Å²) in [6, 6.07) is 17.6. The molecule has 1 aliphatic rings. The smallest absolute Gasteiger partial charge is 0.266 e. The zero-order chi connectivity index (χ0) is 23.6. The zero-order valence-electron chi connectivity index (χ0n) is 19.2. The van der Waals surface area contributed by atoms with Crippen LogP contribution in [0, 0.1) is 0 Å². The van der Waals surface area contributed by atoms with E-state index in [9.17, 15) is 9.59 Å². The van der Waals surface area contributed by atoms with Crippen LogP contribution < -0.4 is 4.74 Å². The van der Waals surface area contributed by atoms with Crippen molar-refractivity contribution in [3.8, 4) is 5.75 Å². The number of unbranched alkanes of at least 4 members (excludes halogenated alkanes) is 2. The summed E-state index contributed by atoms with van der Waals surface area (Å²) in [6.07, 6.45) is 4.89. The highest BCUT2D eigenvalue weighted by Gasteiger charge is 2.31. The van der Waals surface area contributed by atoms with Gasteiger partial charge in [0, 0.05) is 26.1 Å². The molecule has 0 atom stereocenters. The summed E-state index contributed by atoms with van der Waals surface area (Å²) in [4.78, 5) is 29.6. The zero-order valence-corrected chi connectivity index (χ0v) is 20.8. The number of ether oxygens (including phenoxy) is 1. The number of carbonyl (C=O) groups excluding carboxylic acids is 2. The summed E-state index contributed by atoms with van der Waals surface area (Å²) >= 11 is 6.77. The van der Waals surface area contributed by atoms with Gasteiger partial charge < -0.3 is 9.64 Å². The van der Waals surface area contributed by atoms with Gasteiger partial charge in [-0.2, -0.15) is 0 Å². The van der Waals surface area contributed by atoms with Gasteiger partial charge in [-0.25, -0.2) is 0 Å². The number of methoxy groups -OCH3 is 1. The number of hydrogen-bond acceptors (Lipinski definition) is 5. The van der Waals surface area contributed by atoms with E-state index in [2.05, 4.69) is 0 Å². The molecule has 1 fully saturated rings. The molecule has 3 rings (SSSR count). The highest BCUT2D eigenvalue weighted by molar-refractivity contribution is 8.26. The van der Waals surface area contributed by atoms with Gasteiger partial charge in [0.25, 0.3) is 5.91 Å². The minimum absolute atomic E-state index is 0.0445. The predicted molar refractivity (Wildman–Crippen MR) is 139 cm³/mol. The molecule has 0 bridgehead atoms. The number of carbonyl (C=O) groups is 2. The molecule has 2 aromatic rings. The predicted octanol–water partition coefficient (Wildman–Crippen LogP) is 5.51. The van der Waals surface area contributed by atoms with Crippen LogP contribution in [0.3, 0.4) is 0 Å². The lowest BCUT2D eigenvalue weighted by Crippen LogP contribution is -2.30. The third-order valence-electron chi connectivity index (χ3n) is 5.51. The van der Waals surface area contributed by atoms with Crippen molar-refractivity contribution in [2.75, 3.05) is 20.2 Å². The Balaban J connectivity index is 1.42. The van der Waals surface area contributed by atoms with Crippen LogP contribution in [0.2, 0.25) is 0 Å². The van der Waals surface area contributed by atoms with Crippen molar-refractivity contribution in [3.63, 3.8) is 0 Å². The van der Waals surface area contributed by atoms with Gasteiger partial charge in [-0.1, -0.05) is 72.9 Å². The highest BCUT2D eigenvalue weighted by Crippen LogP contribution is 2.33. The monoisotopic (exact) mass is 482 g/mol. The number of nitrogens with zero attached hydrogens (tertiary/aromatic N) is 2. The van der Waals surface area contributed by atoms with E-state index in [0.717, 1.165) is 36.1 Å². The molecule has 1 heterocycles. The molecule has 33 heavy (non-hydrogen) atoms. The van der Waals surface area contributed by atoms with Gasteiger partial charge in [0.2, 0.25) is 5.91 Å². The van der Waals surface area contributed by atoms with Gasteiger partial charge in [-0.3, -0.25) is 14.5 Å². The topological polar surface area (TPSA) is 49.9 Å². The second-order valence-corrected chi connectivity index (χ2v) is 9.49. The van der Waals surface area contributed by atoms with Gasteiger partial charge in [0.15, 0.2) is 0 Å². The molecule has 0 radical (unpaired) electrons. The quantitative estimate of drug-likeness (QED) is 0.240. The molecule has 1 saturated heterocycles. The SMILES string of the molecule is CCN(Cc1ccccc1)C(=O)CCCCCN1C(=O)/C(=C/c2ccc(OC)cc2)SC1=S. The fourth-order valence-electron chi connectivity index (χ4n) is 3.61. The van der Waals surface area contributed by atoms with Crippen LogP contribution in [0.25, 0.3) is 6.08 Å². The second-order valence-electron chi connectivity index (χ2n) is 7.81. The van der Waals surface area contributed by atoms with Crippen LogP contribution in [0.15, 0.2) is 59.5 Å². The summed E-state index contributed by atoms with van der Waals surface area (Å²) in [5.74, 6) is 0.909. The van der Waals surface area contributed by atoms with E-state index < -0.39 is 0 Å². The Morgan fingerprint density at radius 3 is 2.48 bits per heavy atom. The molecule has 0 unspecified atom stereocenters. The number of thiocarbonyl (C=S) groups is 1. The lowest BCUT2D eigenvalue weighted by Gasteiger charge is -2.21. The standard InChI is InChI=1S/C26H30N2O3S2/c1-3-27(19-21-10-6-4-7-11-21)24(29)12-8-5-9-17-28-25(30)23(33-26(28)32)18-20-13-15-22(31-2)16-14-20/h4,6-7,10-11,13-16,18H,3,5,8-9,12,17,19H2,1-2H3/b23-18-. The number of thioether (sulfide) groups is 1. The first kappa shape index (κ1) is 25.0. The molecule has 0 aromatic heterocycles. The van der Waals surface area contributed by atoms with Gasteiger partial charge in [0.05, 0.1) is 12.0 Å². The minimum atomic E-state index is -0.0445. The molecular weight excluding hydrogens is 452 g/mol. The van der Waals surface area contributed by atoms with E-state index >= 15 is 0 Å². The van der Waals surface area contributed by atoms with Crippen molar-refractivity contribution in [1.29, 1.82) is 0 Å². The Hall–Kier alpha value is -2.64. The maximum Gasteiger partial charge on any atom is 0.266 e. The van der Waals surface area contributed by atoms with E-state index in [4.69, 9.17) is 17.0 Å². The van der Waals surface area contributed by atoms with E-state index in [1.54, 1.807) is 12.0 Å². The largest absolute Gasteiger partial charge is 0.497 e.